The van der Waals surface area contributed by atoms with Gasteiger partial charge in [0.15, 0.2) is 5.82 Å². The fraction of sp³-hybridized carbons (Fsp3) is 0.154. The van der Waals surface area contributed by atoms with Gasteiger partial charge in [-0.15, -0.1) is 0 Å². The van der Waals surface area contributed by atoms with Crippen LogP contribution in [-0.4, -0.2) is 27.8 Å². The van der Waals surface area contributed by atoms with Crippen molar-refractivity contribution in [1.82, 2.24) is 10.1 Å². The average molecular weight is 257 g/mol. The molecule has 0 aliphatic carbocycles. The summed E-state index contributed by atoms with van der Waals surface area (Å²) in [5.74, 6) is 5.32. The molecule has 1 aromatic carbocycles. The van der Waals surface area contributed by atoms with Gasteiger partial charge in [-0.1, -0.05) is 23.1 Å². The van der Waals surface area contributed by atoms with Crippen molar-refractivity contribution >= 4 is 11.9 Å². The van der Waals surface area contributed by atoms with Crippen LogP contribution in [0.2, 0.25) is 0 Å². The number of aliphatic hydroxyl groups is 1. The lowest BCUT2D eigenvalue weighted by atomic mass is 10.1. The fourth-order valence-electron chi connectivity index (χ4n) is 1.40. The summed E-state index contributed by atoms with van der Waals surface area (Å²) < 4.78 is 4.80. The Labute approximate surface area is 109 Å². The van der Waals surface area contributed by atoms with Crippen molar-refractivity contribution in [2.24, 2.45) is 0 Å². The molecule has 0 aliphatic rings. The van der Waals surface area contributed by atoms with E-state index in [2.05, 4.69) is 27.3 Å². The van der Waals surface area contributed by atoms with Gasteiger partial charge in [0.1, 0.15) is 6.61 Å². The quantitative estimate of drug-likeness (QED) is 0.783. The maximum absolute atomic E-state index is 11.9. The van der Waals surface area contributed by atoms with Gasteiger partial charge in [-0.3, -0.25) is 10.1 Å². The zero-order valence-electron chi connectivity index (χ0n) is 10.2. The largest absolute Gasteiger partial charge is 0.384 e. The molecule has 1 aromatic heterocycles. The molecule has 6 heteroatoms. The third kappa shape index (κ3) is 3.40. The van der Waals surface area contributed by atoms with Crippen molar-refractivity contribution in [2.45, 2.75) is 6.92 Å². The normalized spacial score (nSPS) is 9.58. The summed E-state index contributed by atoms with van der Waals surface area (Å²) in [5, 5.41) is 14.7. The highest BCUT2D eigenvalue weighted by Crippen LogP contribution is 2.08. The van der Waals surface area contributed by atoms with Crippen molar-refractivity contribution in [3.8, 4) is 11.8 Å². The number of amides is 1. The van der Waals surface area contributed by atoms with Gasteiger partial charge in [0, 0.05) is 11.1 Å². The SMILES string of the molecule is Cc1noc(NC(=O)c2cccc(C#CCO)c2)n1. The van der Waals surface area contributed by atoms with E-state index in [0.717, 1.165) is 0 Å². The van der Waals surface area contributed by atoms with Gasteiger partial charge in [0.2, 0.25) is 0 Å². The smallest absolute Gasteiger partial charge is 0.328 e. The number of aryl methyl sites for hydroxylation is 1. The molecule has 96 valence electrons. The van der Waals surface area contributed by atoms with E-state index in [4.69, 9.17) is 9.63 Å². The summed E-state index contributed by atoms with van der Waals surface area (Å²) in [4.78, 5) is 15.8. The van der Waals surface area contributed by atoms with Crippen LogP contribution in [0.15, 0.2) is 28.8 Å². The van der Waals surface area contributed by atoms with Gasteiger partial charge in [-0.05, 0) is 25.1 Å². The molecule has 19 heavy (non-hydrogen) atoms. The van der Waals surface area contributed by atoms with Crippen LogP contribution in [0.25, 0.3) is 0 Å². The Balaban J connectivity index is 2.15. The molecule has 2 rings (SSSR count). The van der Waals surface area contributed by atoms with Crippen LogP contribution < -0.4 is 5.32 Å². The van der Waals surface area contributed by atoms with Crippen molar-refractivity contribution < 1.29 is 14.4 Å². The standard InChI is InChI=1S/C13H11N3O3/c1-9-14-13(19-16-9)15-12(18)11-6-2-4-10(8-11)5-3-7-17/h2,4,6,8,17H,7H2,1H3,(H,14,15,16,18). The summed E-state index contributed by atoms with van der Waals surface area (Å²) in [5.41, 5.74) is 1.06. The van der Waals surface area contributed by atoms with Crippen LogP contribution in [0.1, 0.15) is 21.7 Å². The van der Waals surface area contributed by atoms with Crippen molar-refractivity contribution in [3.63, 3.8) is 0 Å². The molecule has 0 bridgehead atoms. The molecule has 2 aromatic rings. The summed E-state index contributed by atoms with van der Waals surface area (Å²) in [7, 11) is 0. The highest BCUT2D eigenvalue weighted by molar-refractivity contribution is 6.03. The summed E-state index contributed by atoms with van der Waals surface area (Å²) in [6.45, 7) is 1.43. The number of aromatic nitrogens is 2. The monoisotopic (exact) mass is 257 g/mol. The summed E-state index contributed by atoms with van der Waals surface area (Å²) in [6, 6.07) is 6.75. The van der Waals surface area contributed by atoms with E-state index in [1.54, 1.807) is 31.2 Å². The maximum Gasteiger partial charge on any atom is 0.328 e. The van der Waals surface area contributed by atoms with E-state index in [-0.39, 0.29) is 18.5 Å². The minimum atomic E-state index is -0.365. The first-order valence-corrected chi connectivity index (χ1v) is 5.50. The molecule has 0 fully saturated rings. The second-order valence-electron chi connectivity index (χ2n) is 3.64. The number of nitrogens with one attached hydrogen (secondary N) is 1. The van der Waals surface area contributed by atoms with Crippen molar-refractivity contribution in [3.05, 3.63) is 41.2 Å². The van der Waals surface area contributed by atoms with Gasteiger partial charge in [-0.2, -0.15) is 4.98 Å². The number of carbonyl (C=O) groups is 1. The number of hydrogen-bond acceptors (Lipinski definition) is 5. The Kier molecular flexibility index (Phi) is 3.90. The van der Waals surface area contributed by atoms with Crippen LogP contribution in [0.5, 0.6) is 0 Å². The number of nitrogens with zero attached hydrogens (tertiary/aromatic N) is 2. The summed E-state index contributed by atoms with van der Waals surface area (Å²) in [6.07, 6.45) is 0. The molecule has 6 nitrogen and oxygen atoms in total. The Bertz CT molecular complexity index is 652. The lowest BCUT2D eigenvalue weighted by Gasteiger charge is -2.00. The van der Waals surface area contributed by atoms with Crippen molar-refractivity contribution in [1.29, 1.82) is 0 Å². The lowest BCUT2D eigenvalue weighted by Crippen LogP contribution is -2.12. The second-order valence-corrected chi connectivity index (χ2v) is 3.64. The maximum atomic E-state index is 11.9. The zero-order valence-corrected chi connectivity index (χ0v) is 10.2. The summed E-state index contributed by atoms with van der Waals surface area (Å²) >= 11 is 0. The molecule has 0 spiro atoms. The predicted molar refractivity (Wildman–Crippen MR) is 67.4 cm³/mol. The predicted octanol–water partition coefficient (Wildman–Crippen LogP) is 0.974. The average Bonchev–Trinajstić information content (AvgIpc) is 2.82. The minimum absolute atomic E-state index is 0.0503. The van der Waals surface area contributed by atoms with Crippen LogP contribution in [-0.2, 0) is 0 Å². The second kappa shape index (κ2) is 5.80. The van der Waals surface area contributed by atoms with Gasteiger partial charge < -0.3 is 9.63 Å². The lowest BCUT2D eigenvalue weighted by molar-refractivity contribution is 0.102. The number of carbonyl (C=O) groups excluding carboxylic acids is 1. The molecule has 0 saturated carbocycles. The third-order valence-corrected chi connectivity index (χ3v) is 2.18. The van der Waals surface area contributed by atoms with Crippen LogP contribution in [0.4, 0.5) is 6.01 Å². The van der Waals surface area contributed by atoms with E-state index >= 15 is 0 Å². The molecular formula is C13H11N3O3. The zero-order chi connectivity index (χ0) is 13.7. The highest BCUT2D eigenvalue weighted by Gasteiger charge is 2.10. The number of anilines is 1. The van der Waals surface area contributed by atoms with E-state index in [1.807, 2.05) is 0 Å². The van der Waals surface area contributed by atoms with Gasteiger partial charge in [-0.25, -0.2) is 0 Å². The van der Waals surface area contributed by atoms with E-state index in [0.29, 0.717) is 17.0 Å². The molecule has 0 saturated heterocycles. The molecule has 1 amide bonds. The number of benzene rings is 1. The Morgan fingerprint density at radius 2 is 2.37 bits per heavy atom. The number of aliphatic hydroxyl groups excluding tert-OH is 1. The van der Waals surface area contributed by atoms with Gasteiger partial charge >= 0.3 is 6.01 Å². The molecule has 0 radical (unpaired) electrons. The molecule has 0 aliphatic heterocycles. The van der Waals surface area contributed by atoms with E-state index in [1.165, 1.54) is 0 Å². The molecule has 1 heterocycles. The number of hydrogen-bond donors (Lipinski definition) is 2. The van der Waals surface area contributed by atoms with E-state index < -0.39 is 0 Å². The van der Waals surface area contributed by atoms with E-state index in [9.17, 15) is 4.79 Å². The van der Waals surface area contributed by atoms with Crippen LogP contribution >= 0.6 is 0 Å². The van der Waals surface area contributed by atoms with Crippen molar-refractivity contribution in [2.75, 3.05) is 11.9 Å². The first-order chi connectivity index (χ1) is 9.19. The third-order valence-electron chi connectivity index (χ3n) is 2.18. The number of rotatable bonds is 2. The Morgan fingerprint density at radius 3 is 3.05 bits per heavy atom. The van der Waals surface area contributed by atoms with Gasteiger partial charge in [0.05, 0.1) is 0 Å². The Morgan fingerprint density at radius 1 is 1.53 bits per heavy atom. The molecule has 2 N–H and O–H groups in total. The molecule has 0 atom stereocenters. The fourth-order valence-corrected chi connectivity index (χ4v) is 1.40. The van der Waals surface area contributed by atoms with Crippen LogP contribution in [0, 0.1) is 18.8 Å². The molecule has 0 unspecified atom stereocenters. The molecular weight excluding hydrogens is 246 g/mol. The van der Waals surface area contributed by atoms with Gasteiger partial charge in [0.25, 0.3) is 5.91 Å². The van der Waals surface area contributed by atoms with Crippen LogP contribution in [0.3, 0.4) is 0 Å². The minimum Gasteiger partial charge on any atom is -0.384 e. The topological polar surface area (TPSA) is 88.2 Å². The Hall–Kier alpha value is -2.65. The first kappa shape index (κ1) is 12.8. The first-order valence-electron chi connectivity index (χ1n) is 5.50. The highest BCUT2D eigenvalue weighted by atomic mass is 16.5.